The molecule has 3 rings (SSSR count). The Morgan fingerprint density at radius 2 is 1.85 bits per heavy atom. The Morgan fingerprint density at radius 1 is 1.15 bits per heavy atom. The molecule has 0 unspecified atom stereocenters. The highest BCUT2D eigenvalue weighted by atomic mass is 16.8. The second kappa shape index (κ2) is 13.2. The predicted octanol–water partition coefficient (Wildman–Crippen LogP) is -3.85. The van der Waals surface area contributed by atoms with Gasteiger partial charge in [0.15, 0.2) is 19.2 Å². The van der Waals surface area contributed by atoms with E-state index in [1.54, 1.807) is 0 Å². The van der Waals surface area contributed by atoms with Crippen LogP contribution in [0.3, 0.4) is 0 Å². The highest BCUT2D eigenvalue weighted by Gasteiger charge is 2.57. The molecule has 0 saturated carbocycles. The number of nitrogens with zero attached hydrogens (tertiary/aromatic N) is 1. The number of ether oxygens (including phenoxy) is 4. The third-order valence-corrected chi connectivity index (χ3v) is 6.69. The predicted molar refractivity (Wildman–Crippen MR) is 132 cm³/mol. The molecule has 1 fully saturated rings. The Bertz CT molecular complexity index is 1110. The molecule has 0 spiro atoms. The second-order valence-corrected chi connectivity index (χ2v) is 9.35. The maximum absolute atomic E-state index is 12.6. The molecule has 7 atom stereocenters. The van der Waals surface area contributed by atoms with Crippen LogP contribution in [-0.4, -0.2) is 138 Å². The first-order chi connectivity index (χ1) is 19.3. The van der Waals surface area contributed by atoms with Gasteiger partial charge in [-0.1, -0.05) is 12.2 Å². The second-order valence-electron chi connectivity index (χ2n) is 9.35. The minimum absolute atomic E-state index is 0.101. The Hall–Kier alpha value is -3.16. The number of hydrogen-bond acceptors (Lipinski definition) is 15. The van der Waals surface area contributed by atoms with Crippen molar-refractivity contribution in [2.75, 3.05) is 33.1 Å². The SMILES string of the molecule is C=C[C@H]1[C@H](O[C@@H]2O[C@H](CO)[C@@H](O)C(O)(O)[C@H]2O)OC=C(C(=O)OCO)[C@@]1(O)/C=C/C1=CC(C(=O)O)=CN(CCO)C1. The number of carbonyl (C=O) groups excluding carboxylic acids is 1. The molecule has 228 valence electrons. The molecule has 1 saturated heterocycles. The van der Waals surface area contributed by atoms with Crippen LogP contribution in [0.5, 0.6) is 0 Å². The summed E-state index contributed by atoms with van der Waals surface area (Å²) in [7, 11) is 0. The number of β-amino-alcohol motifs (C(OH)–C–C–N with tert-alkyl or cyclic N) is 1. The van der Waals surface area contributed by atoms with Gasteiger partial charge in [0.1, 0.15) is 29.6 Å². The van der Waals surface area contributed by atoms with Crippen molar-refractivity contribution in [3.05, 3.63) is 60.1 Å². The minimum Gasteiger partial charge on any atom is -0.478 e. The monoisotopic (exact) mass is 587 g/mol. The van der Waals surface area contributed by atoms with E-state index in [2.05, 4.69) is 11.3 Å². The fourth-order valence-electron chi connectivity index (χ4n) is 4.49. The Kier molecular flexibility index (Phi) is 10.4. The highest BCUT2D eigenvalue weighted by Crippen LogP contribution is 2.40. The summed E-state index contributed by atoms with van der Waals surface area (Å²) in [4.78, 5) is 25.7. The molecule has 0 aromatic heterocycles. The zero-order valence-electron chi connectivity index (χ0n) is 21.6. The largest absolute Gasteiger partial charge is 0.478 e. The topological polar surface area (TPSA) is 256 Å². The van der Waals surface area contributed by atoms with Crippen LogP contribution in [0.15, 0.2) is 60.1 Å². The van der Waals surface area contributed by atoms with Gasteiger partial charge in [-0.05, 0) is 17.7 Å². The lowest BCUT2D eigenvalue weighted by Gasteiger charge is -2.47. The lowest BCUT2D eigenvalue weighted by molar-refractivity contribution is -0.405. The van der Waals surface area contributed by atoms with E-state index in [0.717, 1.165) is 18.4 Å². The maximum Gasteiger partial charge on any atom is 0.342 e. The molecular weight excluding hydrogens is 554 g/mol. The van der Waals surface area contributed by atoms with Gasteiger partial charge in [0, 0.05) is 19.3 Å². The van der Waals surface area contributed by atoms with Gasteiger partial charge >= 0.3 is 11.9 Å². The normalized spacial score (nSPS) is 33.4. The molecule has 3 heterocycles. The smallest absolute Gasteiger partial charge is 0.342 e. The molecule has 9 N–H and O–H groups in total. The van der Waals surface area contributed by atoms with Crippen LogP contribution >= 0.6 is 0 Å². The summed E-state index contributed by atoms with van der Waals surface area (Å²) in [6.07, 6.45) is -2.76. The standard InChI is InChI=1S/C25H33NO15/c1-2-15-22(41-23-19(31)25(36,37)18(30)17(10-28)40-23)38-11-16(21(34)39-12-29)24(15,35)4-3-13-7-14(20(32)33)9-26(8-13)5-6-27/h2-4,7,9,11,15,17-19,22-23,27-31,35-37H,1,5-6,8,10,12H2,(H,32,33)/b4-3+/t15-,17+,18+,19-,22-,23-,24+/m0/s1. The van der Waals surface area contributed by atoms with Gasteiger partial charge in [0.25, 0.3) is 0 Å². The van der Waals surface area contributed by atoms with Gasteiger partial charge in [0.2, 0.25) is 12.1 Å². The number of aliphatic hydroxyl groups is 8. The first-order valence-electron chi connectivity index (χ1n) is 12.3. The average molecular weight is 588 g/mol. The molecule has 0 radical (unpaired) electrons. The van der Waals surface area contributed by atoms with Gasteiger partial charge in [-0.2, -0.15) is 0 Å². The van der Waals surface area contributed by atoms with Crippen molar-refractivity contribution in [1.82, 2.24) is 4.90 Å². The number of hydrogen-bond donors (Lipinski definition) is 9. The fourth-order valence-corrected chi connectivity index (χ4v) is 4.49. The van der Waals surface area contributed by atoms with Gasteiger partial charge in [-0.15, -0.1) is 6.58 Å². The molecule has 0 bridgehead atoms. The molecule has 41 heavy (non-hydrogen) atoms. The van der Waals surface area contributed by atoms with Crippen molar-refractivity contribution >= 4 is 11.9 Å². The molecule has 0 aromatic carbocycles. The third kappa shape index (κ3) is 6.68. The summed E-state index contributed by atoms with van der Waals surface area (Å²) in [5.74, 6) is -7.08. The van der Waals surface area contributed by atoms with Gasteiger partial charge < -0.3 is 69.8 Å². The Labute approximate surface area is 233 Å². The van der Waals surface area contributed by atoms with Crippen molar-refractivity contribution < 1.29 is 74.5 Å². The maximum atomic E-state index is 12.6. The van der Waals surface area contributed by atoms with E-state index in [-0.39, 0.29) is 25.3 Å². The van der Waals surface area contributed by atoms with Crippen LogP contribution in [0, 0.1) is 5.92 Å². The van der Waals surface area contributed by atoms with E-state index >= 15 is 0 Å². The third-order valence-electron chi connectivity index (χ3n) is 6.69. The van der Waals surface area contributed by atoms with E-state index in [1.165, 1.54) is 23.3 Å². The average Bonchev–Trinajstić information content (AvgIpc) is 2.93. The number of carbonyl (C=O) groups is 2. The van der Waals surface area contributed by atoms with E-state index in [0.29, 0.717) is 5.57 Å². The first-order valence-corrected chi connectivity index (χ1v) is 12.3. The molecule has 0 aromatic rings. The number of aliphatic carboxylic acids is 1. The summed E-state index contributed by atoms with van der Waals surface area (Å²) in [5, 5.41) is 89.7. The lowest BCUT2D eigenvalue weighted by Crippen LogP contribution is -2.68. The highest BCUT2D eigenvalue weighted by molar-refractivity contribution is 5.92. The van der Waals surface area contributed by atoms with Gasteiger partial charge in [-0.3, -0.25) is 0 Å². The zero-order chi connectivity index (χ0) is 30.5. The molecule has 0 aliphatic carbocycles. The summed E-state index contributed by atoms with van der Waals surface area (Å²) >= 11 is 0. The number of rotatable bonds is 11. The summed E-state index contributed by atoms with van der Waals surface area (Å²) in [6.45, 7) is 1.61. The zero-order valence-corrected chi connectivity index (χ0v) is 21.6. The van der Waals surface area contributed by atoms with Crippen molar-refractivity contribution in [2.24, 2.45) is 5.92 Å². The molecule has 0 amide bonds. The van der Waals surface area contributed by atoms with E-state index in [1.807, 2.05) is 0 Å². The van der Waals surface area contributed by atoms with E-state index in [9.17, 15) is 50.4 Å². The van der Waals surface area contributed by atoms with Crippen molar-refractivity contribution in [1.29, 1.82) is 0 Å². The number of carboxylic acid groups (broad SMARTS) is 1. The van der Waals surface area contributed by atoms with E-state index < -0.39 is 79.1 Å². The summed E-state index contributed by atoms with van der Waals surface area (Å²) < 4.78 is 20.8. The van der Waals surface area contributed by atoms with Crippen LogP contribution in [0.1, 0.15) is 0 Å². The Balaban J connectivity index is 1.98. The minimum atomic E-state index is -3.18. The summed E-state index contributed by atoms with van der Waals surface area (Å²) in [6, 6.07) is 0. The van der Waals surface area contributed by atoms with Crippen LogP contribution < -0.4 is 0 Å². The van der Waals surface area contributed by atoms with Crippen LogP contribution in [0.2, 0.25) is 0 Å². The van der Waals surface area contributed by atoms with Crippen molar-refractivity contribution in [3.8, 4) is 0 Å². The number of aliphatic hydroxyl groups excluding tert-OH is 5. The first kappa shape index (κ1) is 32.4. The molecule has 16 nitrogen and oxygen atoms in total. The lowest BCUT2D eigenvalue weighted by atomic mass is 9.78. The Morgan fingerprint density at radius 3 is 2.44 bits per heavy atom. The van der Waals surface area contributed by atoms with Gasteiger partial charge in [-0.25, -0.2) is 9.59 Å². The van der Waals surface area contributed by atoms with E-state index in [4.69, 9.17) is 19.3 Å². The van der Waals surface area contributed by atoms with Crippen LogP contribution in [0.25, 0.3) is 0 Å². The van der Waals surface area contributed by atoms with Crippen molar-refractivity contribution in [3.63, 3.8) is 0 Å². The molecule has 16 heteroatoms. The quantitative estimate of drug-likeness (QED) is 0.0637. The van der Waals surface area contributed by atoms with Crippen LogP contribution in [0.4, 0.5) is 0 Å². The summed E-state index contributed by atoms with van der Waals surface area (Å²) in [5.41, 5.74) is -2.71. The fraction of sp³-hybridized carbons (Fsp3) is 0.520. The van der Waals surface area contributed by atoms with Gasteiger partial charge in [0.05, 0.1) is 24.7 Å². The number of carboxylic acids is 1. The molecular formula is C25H33NO15. The van der Waals surface area contributed by atoms with Crippen LogP contribution in [-0.2, 0) is 28.5 Å². The molecule has 3 aliphatic heterocycles. The number of esters is 1. The molecule has 3 aliphatic rings. The van der Waals surface area contributed by atoms with Crippen molar-refractivity contribution in [2.45, 2.75) is 42.3 Å².